The number of rotatable bonds is 7. The number of carbonyl (C=O) groups excluding carboxylic acids is 1. The highest BCUT2D eigenvalue weighted by Crippen LogP contribution is 2.71. The van der Waals surface area contributed by atoms with E-state index in [1.807, 2.05) is 0 Å². The molecule has 4 nitrogen and oxygen atoms in total. The summed E-state index contributed by atoms with van der Waals surface area (Å²) in [4.78, 5) is 12.6. The maximum atomic E-state index is 12.6. The number of unbranched alkanes of at least 4 members (excludes halogenated alkanes) is 4. The molecule has 4 saturated carbocycles. The molecular weight excluding hydrogens is 484 g/mol. The molecule has 0 aromatic carbocycles. The topological polar surface area (TPSA) is 44.8 Å². The fourth-order valence-corrected chi connectivity index (χ4v) is 11.5. The van der Waals surface area contributed by atoms with Gasteiger partial charge >= 0.3 is 5.97 Å². The molecule has 0 unspecified atom stereocenters. The van der Waals surface area contributed by atoms with Crippen LogP contribution in [0.1, 0.15) is 137 Å². The molecule has 0 aromatic rings. The summed E-state index contributed by atoms with van der Waals surface area (Å²) >= 11 is 0. The molecular formula is C35H58O4. The number of hydrogen-bond donors (Lipinski definition) is 0. The number of esters is 1. The van der Waals surface area contributed by atoms with E-state index in [4.69, 9.17) is 14.2 Å². The molecule has 2 heterocycles. The van der Waals surface area contributed by atoms with Crippen LogP contribution in [0.15, 0.2) is 0 Å². The Hall–Kier alpha value is -0.610. The van der Waals surface area contributed by atoms with Gasteiger partial charge in [0.2, 0.25) is 0 Å². The van der Waals surface area contributed by atoms with Crippen molar-refractivity contribution in [3.8, 4) is 0 Å². The molecule has 0 N–H and O–H groups in total. The van der Waals surface area contributed by atoms with E-state index < -0.39 is 0 Å². The quantitative estimate of drug-likeness (QED) is 0.238. The molecule has 0 bridgehead atoms. The first kappa shape index (κ1) is 28.5. The van der Waals surface area contributed by atoms with Crippen molar-refractivity contribution in [2.45, 2.75) is 155 Å². The van der Waals surface area contributed by atoms with Gasteiger partial charge in [-0.15, -0.1) is 0 Å². The lowest BCUT2D eigenvalue weighted by molar-refractivity contribution is -0.273. The summed E-state index contributed by atoms with van der Waals surface area (Å²) in [5, 5.41) is 0. The normalized spacial score (nSPS) is 50.6. The van der Waals surface area contributed by atoms with Crippen molar-refractivity contribution < 1.29 is 19.0 Å². The van der Waals surface area contributed by atoms with Crippen LogP contribution in [0.5, 0.6) is 0 Å². The zero-order valence-electron chi connectivity index (χ0n) is 25.8. The lowest BCUT2D eigenvalue weighted by Crippen LogP contribution is -2.55. The molecule has 6 aliphatic rings. The maximum absolute atomic E-state index is 12.6. The SMILES string of the molecule is CCCCCCCC(=O)O[C@@H]1CC[C@@]2(C)[C@H](CC[C@H]3[C@H]4C[C@@H]5O[C@]6(CC[C@H](C)CO6)[C@H](C)[C@H]5[C@@]4(C)CC[C@@H]32)C1. The number of ether oxygens (including phenoxy) is 3. The predicted molar refractivity (Wildman–Crippen MR) is 155 cm³/mol. The number of hydrogen-bond acceptors (Lipinski definition) is 4. The first-order valence-corrected chi connectivity index (χ1v) is 17.2. The van der Waals surface area contributed by atoms with Gasteiger partial charge in [-0.1, -0.05) is 60.3 Å². The van der Waals surface area contributed by atoms with Crippen LogP contribution in [-0.2, 0) is 19.0 Å². The Bertz CT molecular complexity index is 878. The molecule has 0 amide bonds. The highest BCUT2D eigenvalue weighted by molar-refractivity contribution is 5.69. The van der Waals surface area contributed by atoms with Gasteiger partial charge in [0, 0.05) is 18.8 Å². The van der Waals surface area contributed by atoms with Crippen molar-refractivity contribution in [1.82, 2.24) is 0 Å². The third kappa shape index (κ3) is 4.84. The third-order valence-electron chi connectivity index (χ3n) is 13.7. The van der Waals surface area contributed by atoms with Gasteiger partial charge in [-0.25, -0.2) is 0 Å². The average molecular weight is 543 g/mol. The molecule has 222 valence electrons. The molecule has 4 aliphatic carbocycles. The fourth-order valence-electron chi connectivity index (χ4n) is 11.5. The number of fused-ring (bicyclic) bond motifs is 7. The zero-order valence-corrected chi connectivity index (χ0v) is 25.8. The van der Waals surface area contributed by atoms with Crippen LogP contribution in [0, 0.1) is 52.3 Å². The first-order valence-electron chi connectivity index (χ1n) is 17.2. The van der Waals surface area contributed by atoms with E-state index in [1.54, 1.807) is 0 Å². The van der Waals surface area contributed by atoms with Gasteiger partial charge in [-0.3, -0.25) is 4.79 Å². The van der Waals surface area contributed by atoms with Crippen molar-refractivity contribution in [2.24, 2.45) is 52.3 Å². The Morgan fingerprint density at radius 1 is 0.872 bits per heavy atom. The molecule has 2 saturated heterocycles. The Labute approximate surface area is 239 Å². The lowest BCUT2D eigenvalue weighted by Gasteiger charge is -2.61. The number of carbonyl (C=O) groups is 1. The second kappa shape index (κ2) is 10.9. The second-order valence-corrected chi connectivity index (χ2v) is 15.7. The van der Waals surface area contributed by atoms with E-state index in [0.717, 1.165) is 62.4 Å². The largest absolute Gasteiger partial charge is 0.462 e. The van der Waals surface area contributed by atoms with E-state index >= 15 is 0 Å². The van der Waals surface area contributed by atoms with Crippen LogP contribution in [0.3, 0.4) is 0 Å². The smallest absolute Gasteiger partial charge is 0.306 e. The minimum absolute atomic E-state index is 0.0583. The Morgan fingerprint density at radius 2 is 1.67 bits per heavy atom. The standard InChI is InChI=1S/C35H58O4/c1-6-7-8-9-10-11-31(36)38-26-15-17-33(4)25(20-26)12-13-27-28(33)16-18-34(5)29(27)21-30-32(34)24(3)35(39-30)19-14-23(2)22-37-35/h23-30,32H,6-22H2,1-5H3/t23-,24+,25+,26+,27+,28-,29+,30-,32+,33-,34-,35+/m0/s1. The molecule has 1 spiro atoms. The van der Waals surface area contributed by atoms with Gasteiger partial charge < -0.3 is 14.2 Å². The molecule has 4 heteroatoms. The molecule has 0 radical (unpaired) electrons. The van der Waals surface area contributed by atoms with Gasteiger partial charge in [-0.05, 0) is 111 Å². The summed E-state index contributed by atoms with van der Waals surface area (Å²) in [7, 11) is 0. The minimum atomic E-state index is -0.304. The molecule has 6 fully saturated rings. The van der Waals surface area contributed by atoms with Crippen LogP contribution < -0.4 is 0 Å². The van der Waals surface area contributed by atoms with Crippen LogP contribution in [0.4, 0.5) is 0 Å². The van der Waals surface area contributed by atoms with Crippen LogP contribution >= 0.6 is 0 Å². The molecule has 12 atom stereocenters. The summed E-state index contributed by atoms with van der Waals surface area (Å²) in [6, 6.07) is 0. The van der Waals surface area contributed by atoms with E-state index in [1.165, 1.54) is 64.2 Å². The van der Waals surface area contributed by atoms with Crippen molar-refractivity contribution in [1.29, 1.82) is 0 Å². The van der Waals surface area contributed by atoms with Crippen molar-refractivity contribution >= 4 is 5.97 Å². The second-order valence-electron chi connectivity index (χ2n) is 15.7. The summed E-state index contributed by atoms with van der Waals surface area (Å²) in [6.45, 7) is 13.2. The van der Waals surface area contributed by atoms with Crippen molar-refractivity contribution in [2.75, 3.05) is 6.61 Å². The van der Waals surface area contributed by atoms with E-state index in [9.17, 15) is 4.79 Å². The van der Waals surface area contributed by atoms with E-state index in [0.29, 0.717) is 41.1 Å². The summed E-state index contributed by atoms with van der Waals surface area (Å²) < 4.78 is 19.6. The van der Waals surface area contributed by atoms with Crippen LogP contribution in [0.25, 0.3) is 0 Å². The van der Waals surface area contributed by atoms with Gasteiger partial charge in [-0.2, -0.15) is 0 Å². The molecule has 0 aromatic heterocycles. The Morgan fingerprint density at radius 3 is 2.44 bits per heavy atom. The summed E-state index contributed by atoms with van der Waals surface area (Å²) in [5.41, 5.74) is 0.815. The first-order chi connectivity index (χ1) is 18.7. The average Bonchev–Trinajstić information content (AvgIpc) is 3.36. The maximum Gasteiger partial charge on any atom is 0.306 e. The van der Waals surface area contributed by atoms with Crippen molar-refractivity contribution in [3.63, 3.8) is 0 Å². The Kier molecular flexibility index (Phi) is 7.97. The van der Waals surface area contributed by atoms with E-state index in [2.05, 4.69) is 34.6 Å². The third-order valence-corrected chi connectivity index (χ3v) is 13.7. The van der Waals surface area contributed by atoms with Gasteiger partial charge in [0.15, 0.2) is 5.79 Å². The van der Waals surface area contributed by atoms with Crippen LogP contribution in [0.2, 0.25) is 0 Å². The zero-order chi connectivity index (χ0) is 27.4. The monoisotopic (exact) mass is 542 g/mol. The van der Waals surface area contributed by atoms with Gasteiger partial charge in [0.1, 0.15) is 6.10 Å². The highest BCUT2D eigenvalue weighted by Gasteiger charge is 2.69. The van der Waals surface area contributed by atoms with E-state index in [-0.39, 0.29) is 17.9 Å². The molecule has 6 rings (SSSR count). The predicted octanol–water partition coefficient (Wildman–Crippen LogP) is 8.71. The van der Waals surface area contributed by atoms with Gasteiger partial charge in [0.25, 0.3) is 0 Å². The highest BCUT2D eigenvalue weighted by atomic mass is 16.7. The van der Waals surface area contributed by atoms with Crippen molar-refractivity contribution in [3.05, 3.63) is 0 Å². The lowest BCUT2D eigenvalue weighted by atomic mass is 9.44. The fraction of sp³-hybridized carbons (Fsp3) is 0.971. The summed E-state index contributed by atoms with van der Waals surface area (Å²) in [5.74, 6) is 4.77. The summed E-state index contributed by atoms with van der Waals surface area (Å²) in [6.07, 6.45) is 19.5. The minimum Gasteiger partial charge on any atom is -0.462 e. The molecule has 39 heavy (non-hydrogen) atoms. The Balaban J connectivity index is 1.07. The van der Waals surface area contributed by atoms with Crippen LogP contribution in [-0.4, -0.2) is 30.6 Å². The van der Waals surface area contributed by atoms with Gasteiger partial charge in [0.05, 0.1) is 12.7 Å². The molecule has 2 aliphatic heterocycles.